The van der Waals surface area contributed by atoms with Gasteiger partial charge in [-0.25, -0.2) is 4.79 Å². The van der Waals surface area contributed by atoms with Gasteiger partial charge >= 0.3 is 10.8 Å². The molecule has 3 aromatic rings. The number of H-pyrrole nitrogens is 1. The number of aromatic nitrogens is 1. The third-order valence-electron chi connectivity index (χ3n) is 9.74. The molecule has 42 heavy (non-hydrogen) atoms. The molecule has 1 saturated heterocycles. The highest BCUT2D eigenvalue weighted by atomic mass is 32.2. The third-order valence-corrected chi connectivity index (χ3v) is 12.3. The summed E-state index contributed by atoms with van der Waals surface area (Å²) in [6.07, 6.45) is 0.845. The van der Waals surface area contributed by atoms with Gasteiger partial charge in [-0.05, 0) is 86.9 Å². The molecule has 2 aliphatic carbocycles. The topological polar surface area (TPSA) is 99.8 Å². The minimum atomic E-state index is -0.430. The van der Waals surface area contributed by atoms with Crippen molar-refractivity contribution < 1.29 is 19.1 Å². The van der Waals surface area contributed by atoms with E-state index in [1.54, 1.807) is 43.0 Å². The van der Waals surface area contributed by atoms with E-state index in [-0.39, 0.29) is 64.1 Å². The highest BCUT2D eigenvalue weighted by Crippen LogP contribution is 2.68. The summed E-state index contributed by atoms with van der Waals surface area (Å²) in [7, 11) is 0. The lowest BCUT2D eigenvalue weighted by molar-refractivity contribution is -0.123. The summed E-state index contributed by atoms with van der Waals surface area (Å²) in [4.78, 5) is 60.3. The van der Waals surface area contributed by atoms with Crippen molar-refractivity contribution >= 4 is 52.3 Å². The van der Waals surface area contributed by atoms with E-state index in [0.29, 0.717) is 11.3 Å². The van der Waals surface area contributed by atoms with Gasteiger partial charge in [-0.15, -0.1) is 11.8 Å². The SMILES string of the molecule is CCOC(=O)c1ccc(N2C(=O)C3C(C2=O)[C@@H]2C[C@H]3C3Sc4[nH]c(=O)sc4C(c4ccc(N(CC)CC)cc4)C32)cc1. The van der Waals surface area contributed by atoms with Crippen molar-refractivity contribution in [1.29, 1.82) is 0 Å². The lowest BCUT2D eigenvalue weighted by Crippen LogP contribution is -2.42. The molecular formula is C32H33N3O5S2. The average molecular weight is 604 g/mol. The van der Waals surface area contributed by atoms with Gasteiger partial charge in [0.1, 0.15) is 0 Å². The van der Waals surface area contributed by atoms with Crippen LogP contribution in [0.5, 0.6) is 0 Å². The van der Waals surface area contributed by atoms with Crippen molar-refractivity contribution in [2.75, 3.05) is 29.5 Å². The molecule has 2 saturated carbocycles. The number of anilines is 2. The van der Waals surface area contributed by atoms with Crippen LogP contribution in [-0.2, 0) is 14.3 Å². The number of nitrogens with one attached hydrogen (secondary N) is 1. The number of amides is 2. The molecule has 0 radical (unpaired) electrons. The quantitative estimate of drug-likeness (QED) is 0.295. The van der Waals surface area contributed by atoms with E-state index in [1.807, 2.05) is 0 Å². The number of carbonyl (C=O) groups excluding carboxylic acids is 3. The van der Waals surface area contributed by atoms with E-state index in [2.05, 4.69) is 48.0 Å². The molecule has 218 valence electrons. The number of esters is 1. The molecular weight excluding hydrogens is 571 g/mol. The molecule has 0 spiro atoms. The van der Waals surface area contributed by atoms with Crippen LogP contribution in [0, 0.1) is 29.6 Å². The van der Waals surface area contributed by atoms with Gasteiger partial charge in [-0.2, -0.15) is 0 Å². The summed E-state index contributed by atoms with van der Waals surface area (Å²) < 4.78 is 5.08. The minimum Gasteiger partial charge on any atom is -0.462 e. The maximum absolute atomic E-state index is 14.0. The fraction of sp³-hybridized carbons (Fsp3) is 0.438. The van der Waals surface area contributed by atoms with Gasteiger partial charge < -0.3 is 14.6 Å². The number of rotatable bonds is 7. The first-order chi connectivity index (χ1) is 20.4. The Balaban J connectivity index is 1.23. The van der Waals surface area contributed by atoms with Crippen LogP contribution in [0.15, 0.2) is 58.4 Å². The lowest BCUT2D eigenvalue weighted by Gasteiger charge is -2.43. The number of thiazole rings is 1. The van der Waals surface area contributed by atoms with E-state index in [0.717, 1.165) is 35.0 Å². The summed E-state index contributed by atoms with van der Waals surface area (Å²) in [5.74, 6) is -1.19. The standard InChI is InChI=1S/C32H33N3O5S2/c1-4-34(5-2)18-11-7-16(8-12-18)22-23-20-15-21(26(23)41-28-27(22)42-32(39)33-28)25-24(20)29(36)35(30(25)37)19-13-9-17(10-14-19)31(38)40-6-3/h7-14,20-26H,4-6,15H2,1-3H3,(H,33,39)/t20-,21-,22?,23?,24?,25?,26?/m1/s1. The van der Waals surface area contributed by atoms with Gasteiger partial charge in [0.25, 0.3) is 0 Å². The molecule has 5 unspecified atom stereocenters. The minimum absolute atomic E-state index is 0.00211. The molecule has 3 fully saturated rings. The Morgan fingerprint density at radius 2 is 1.62 bits per heavy atom. The van der Waals surface area contributed by atoms with Crippen LogP contribution in [0.3, 0.4) is 0 Å². The molecule has 4 aliphatic rings. The Morgan fingerprint density at radius 1 is 0.952 bits per heavy atom. The van der Waals surface area contributed by atoms with Gasteiger partial charge in [0.05, 0.1) is 34.7 Å². The Bertz CT molecular complexity index is 1610. The average Bonchev–Trinajstić information content (AvgIpc) is 3.73. The summed E-state index contributed by atoms with van der Waals surface area (Å²) in [5, 5.41) is 1.06. The van der Waals surface area contributed by atoms with Crippen LogP contribution in [0.1, 0.15) is 53.9 Å². The van der Waals surface area contributed by atoms with Gasteiger partial charge in [-0.3, -0.25) is 19.3 Å². The van der Waals surface area contributed by atoms with Crippen molar-refractivity contribution in [1.82, 2.24) is 4.98 Å². The molecule has 2 bridgehead atoms. The van der Waals surface area contributed by atoms with Crippen LogP contribution in [0.4, 0.5) is 11.4 Å². The number of benzene rings is 2. The Kier molecular flexibility index (Phi) is 6.81. The number of imide groups is 1. The second kappa shape index (κ2) is 10.4. The summed E-state index contributed by atoms with van der Waals surface area (Å²) >= 11 is 2.98. The third kappa shape index (κ3) is 4.01. The zero-order chi connectivity index (χ0) is 29.3. The molecule has 1 aromatic heterocycles. The van der Waals surface area contributed by atoms with Crippen molar-refractivity contribution in [3.8, 4) is 0 Å². The number of thioether (sulfide) groups is 1. The number of ether oxygens (including phenoxy) is 1. The van der Waals surface area contributed by atoms with E-state index >= 15 is 0 Å². The molecule has 1 N–H and O–H groups in total. The summed E-state index contributed by atoms with van der Waals surface area (Å²) in [5.41, 5.74) is 3.21. The number of nitrogens with zero attached hydrogens (tertiary/aromatic N) is 2. The largest absolute Gasteiger partial charge is 0.462 e. The van der Waals surface area contributed by atoms with E-state index in [9.17, 15) is 19.2 Å². The van der Waals surface area contributed by atoms with E-state index in [1.165, 1.54) is 21.9 Å². The zero-order valence-corrected chi connectivity index (χ0v) is 25.4. The van der Waals surface area contributed by atoms with Crippen LogP contribution in [-0.4, -0.2) is 47.7 Å². The summed E-state index contributed by atoms with van der Waals surface area (Å²) in [6, 6.07) is 15.2. The van der Waals surface area contributed by atoms with Crippen LogP contribution >= 0.6 is 23.1 Å². The summed E-state index contributed by atoms with van der Waals surface area (Å²) in [6.45, 7) is 8.17. The highest BCUT2D eigenvalue weighted by Gasteiger charge is 2.69. The van der Waals surface area contributed by atoms with Gasteiger partial charge in [0.15, 0.2) is 0 Å². The molecule has 7 rings (SSSR count). The maximum Gasteiger partial charge on any atom is 0.338 e. The fourth-order valence-electron chi connectivity index (χ4n) is 8.09. The first kappa shape index (κ1) is 27.5. The second-order valence-electron chi connectivity index (χ2n) is 11.5. The molecule has 2 aliphatic heterocycles. The predicted molar refractivity (Wildman–Crippen MR) is 163 cm³/mol. The molecule has 2 aromatic carbocycles. The molecule has 8 nitrogen and oxygen atoms in total. The van der Waals surface area contributed by atoms with Crippen molar-refractivity contribution in [3.05, 3.63) is 74.2 Å². The molecule has 10 heteroatoms. The van der Waals surface area contributed by atoms with Crippen molar-refractivity contribution in [2.45, 2.75) is 43.4 Å². The van der Waals surface area contributed by atoms with Gasteiger partial charge in [0.2, 0.25) is 11.8 Å². The second-order valence-corrected chi connectivity index (χ2v) is 13.7. The fourth-order valence-corrected chi connectivity index (χ4v) is 11.0. The van der Waals surface area contributed by atoms with Crippen molar-refractivity contribution in [3.63, 3.8) is 0 Å². The Morgan fingerprint density at radius 3 is 2.26 bits per heavy atom. The first-order valence-corrected chi connectivity index (χ1v) is 16.4. The van der Waals surface area contributed by atoms with Crippen molar-refractivity contribution in [2.24, 2.45) is 29.6 Å². The smallest absolute Gasteiger partial charge is 0.338 e. The normalized spacial score (nSPS) is 28.9. The molecule has 7 atom stereocenters. The van der Waals surface area contributed by atoms with Crippen LogP contribution in [0.25, 0.3) is 0 Å². The number of aromatic amines is 1. The van der Waals surface area contributed by atoms with Gasteiger partial charge in [0, 0.05) is 34.8 Å². The van der Waals surface area contributed by atoms with E-state index in [4.69, 9.17) is 4.74 Å². The first-order valence-electron chi connectivity index (χ1n) is 14.8. The number of hydrogen-bond donors (Lipinski definition) is 1. The van der Waals surface area contributed by atoms with E-state index < -0.39 is 5.97 Å². The molecule has 3 heterocycles. The molecule has 2 amide bonds. The number of hydrogen-bond acceptors (Lipinski definition) is 8. The maximum atomic E-state index is 14.0. The zero-order valence-electron chi connectivity index (χ0n) is 23.7. The van der Waals surface area contributed by atoms with Gasteiger partial charge in [-0.1, -0.05) is 23.5 Å². The monoisotopic (exact) mass is 603 g/mol. The lowest BCUT2D eigenvalue weighted by atomic mass is 9.68. The highest BCUT2D eigenvalue weighted by molar-refractivity contribution is 8.00. The Hall–Kier alpha value is -3.37. The number of carbonyl (C=O) groups is 3. The van der Waals surface area contributed by atoms with Crippen LogP contribution in [0.2, 0.25) is 0 Å². The predicted octanol–water partition coefficient (Wildman–Crippen LogP) is 5.14. The number of fused-ring (bicyclic) bond motifs is 9. The van der Waals surface area contributed by atoms with Crippen LogP contribution < -0.4 is 14.7 Å². The Labute approximate surface area is 252 Å².